The van der Waals surface area contributed by atoms with E-state index < -0.39 is 23.7 Å². The highest BCUT2D eigenvalue weighted by Crippen LogP contribution is 2.51. The van der Waals surface area contributed by atoms with Crippen molar-refractivity contribution >= 4 is 105 Å². The molecule has 1 aliphatic heterocycles. The smallest absolute Gasteiger partial charge is 0.271 e. The summed E-state index contributed by atoms with van der Waals surface area (Å²) in [4.78, 5) is 24.7. The summed E-state index contributed by atoms with van der Waals surface area (Å²) in [5, 5.41) is 0. The first-order chi connectivity index (χ1) is 8.82. The predicted octanol–water partition coefficient (Wildman–Crippen LogP) is 5.37. The minimum Gasteiger partial charge on any atom is -0.271 e. The van der Waals surface area contributed by atoms with Gasteiger partial charge in [-0.2, -0.15) is 4.31 Å². The van der Waals surface area contributed by atoms with Gasteiger partial charge < -0.3 is 0 Å². The Balaban J connectivity index is 3.12. The second-order valence-electron chi connectivity index (χ2n) is 3.88. The van der Waals surface area contributed by atoms with Crippen LogP contribution in [-0.2, 0) is 4.79 Å². The lowest BCUT2D eigenvalue weighted by Crippen LogP contribution is -2.43. The molecule has 0 saturated carbocycles. The first-order valence-electron chi connectivity index (χ1n) is 5.02. The van der Waals surface area contributed by atoms with E-state index >= 15 is 0 Å². The molecule has 12 heteroatoms. The second kappa shape index (κ2) is 6.48. The number of hydrogen-bond acceptors (Lipinski definition) is 4. The minimum atomic E-state index is -1.86. The van der Waals surface area contributed by atoms with Crippen molar-refractivity contribution in [2.45, 2.75) is 32.1 Å². The van der Waals surface area contributed by atoms with Crippen molar-refractivity contribution in [3.63, 3.8) is 0 Å². The van der Waals surface area contributed by atoms with Crippen LogP contribution in [0.25, 0.3) is 0 Å². The largest absolute Gasteiger partial charge is 0.348 e. The normalized spacial score (nSPS) is 24.8. The number of nitrogens with zero attached hydrogens (tertiary/aromatic N) is 2. The minimum absolute atomic E-state index is 0.308. The Labute approximate surface area is 154 Å². The molecular weight excluding hydrogens is 433 g/mol. The lowest BCUT2D eigenvalue weighted by Gasteiger charge is -2.30. The van der Waals surface area contributed by atoms with Gasteiger partial charge in [0, 0.05) is 23.9 Å². The molecular formula is C8H8Cl6N2O2S2. The summed E-state index contributed by atoms with van der Waals surface area (Å²) in [5.41, 5.74) is -1.19. The number of amides is 3. The number of carbonyl (C=O) groups excluding carboxylic acids is 2. The molecule has 20 heavy (non-hydrogen) atoms. The molecule has 3 amide bonds. The van der Waals surface area contributed by atoms with E-state index in [1.807, 2.05) is 0 Å². The molecule has 1 saturated heterocycles. The lowest BCUT2D eigenvalue weighted by atomic mass is 10.00. The van der Waals surface area contributed by atoms with Crippen molar-refractivity contribution in [1.82, 2.24) is 8.61 Å². The molecule has 1 fully saturated rings. The maximum atomic E-state index is 12.4. The van der Waals surface area contributed by atoms with Gasteiger partial charge in [-0.3, -0.25) is 4.79 Å². The van der Waals surface area contributed by atoms with Crippen LogP contribution < -0.4 is 0 Å². The molecule has 0 aromatic rings. The number of urea groups is 1. The van der Waals surface area contributed by atoms with Crippen molar-refractivity contribution in [2.24, 2.45) is 0 Å². The van der Waals surface area contributed by atoms with E-state index in [1.165, 1.54) is 0 Å². The number of halogens is 6. The zero-order valence-corrected chi connectivity index (χ0v) is 16.2. The molecule has 0 aliphatic carbocycles. The maximum Gasteiger partial charge on any atom is 0.348 e. The molecule has 1 atom stereocenters. The van der Waals surface area contributed by atoms with Gasteiger partial charge in [0.1, 0.15) is 5.54 Å². The zero-order chi connectivity index (χ0) is 15.9. The number of imide groups is 1. The summed E-state index contributed by atoms with van der Waals surface area (Å²) < 4.78 is -1.81. The average Bonchev–Trinajstić information content (AvgIpc) is 2.41. The summed E-state index contributed by atoms with van der Waals surface area (Å²) in [7, 11) is 0. The Bertz CT molecular complexity index is 426. The highest BCUT2D eigenvalue weighted by atomic mass is 35.6. The third-order valence-corrected chi connectivity index (χ3v) is 5.42. The lowest BCUT2D eigenvalue weighted by molar-refractivity contribution is -0.128. The van der Waals surface area contributed by atoms with Crippen molar-refractivity contribution in [3.8, 4) is 0 Å². The van der Waals surface area contributed by atoms with E-state index in [0.29, 0.717) is 30.3 Å². The molecule has 0 radical (unpaired) electrons. The topological polar surface area (TPSA) is 40.6 Å². The van der Waals surface area contributed by atoms with Gasteiger partial charge in [0.2, 0.25) is 0 Å². The van der Waals surface area contributed by atoms with Crippen LogP contribution >= 0.6 is 93.5 Å². The van der Waals surface area contributed by atoms with Gasteiger partial charge in [-0.25, -0.2) is 9.10 Å². The Morgan fingerprint density at radius 1 is 1.05 bits per heavy atom. The van der Waals surface area contributed by atoms with E-state index in [4.69, 9.17) is 69.6 Å². The Kier molecular flexibility index (Phi) is 6.29. The van der Waals surface area contributed by atoms with E-state index in [2.05, 4.69) is 0 Å². The van der Waals surface area contributed by atoms with Crippen molar-refractivity contribution in [3.05, 3.63) is 0 Å². The fourth-order valence-corrected chi connectivity index (χ4v) is 4.12. The van der Waals surface area contributed by atoms with Gasteiger partial charge in [-0.15, -0.1) is 0 Å². The molecule has 0 spiro atoms. The number of rotatable bonds is 3. The zero-order valence-electron chi connectivity index (χ0n) is 10.0. The standard InChI is InChI=1S/C8H8Cl6N2O2S2/c1-3-6(2)4(17)15(19-7(9,10)11)5(18)16(6)20-8(12,13)14/h3H2,1-2H3. The average molecular weight is 441 g/mol. The van der Waals surface area contributed by atoms with E-state index in [1.54, 1.807) is 13.8 Å². The Hall–Kier alpha value is 1.38. The molecule has 4 nitrogen and oxygen atoms in total. The van der Waals surface area contributed by atoms with Crippen molar-refractivity contribution < 1.29 is 9.59 Å². The highest BCUT2D eigenvalue weighted by molar-refractivity contribution is 8.04. The molecule has 0 aromatic carbocycles. The van der Waals surface area contributed by atoms with Gasteiger partial charge in [-0.1, -0.05) is 76.5 Å². The van der Waals surface area contributed by atoms with E-state index in [-0.39, 0.29) is 0 Å². The monoisotopic (exact) mass is 438 g/mol. The van der Waals surface area contributed by atoms with Gasteiger partial charge >= 0.3 is 6.03 Å². The van der Waals surface area contributed by atoms with E-state index in [9.17, 15) is 9.59 Å². The summed E-state index contributed by atoms with van der Waals surface area (Å²) >= 11 is 34.9. The molecule has 1 heterocycles. The molecule has 1 aliphatic rings. The van der Waals surface area contributed by atoms with Crippen LogP contribution in [0.15, 0.2) is 0 Å². The van der Waals surface area contributed by atoms with Crippen LogP contribution in [0, 0.1) is 0 Å². The van der Waals surface area contributed by atoms with Crippen LogP contribution in [0.3, 0.4) is 0 Å². The summed E-state index contributed by atoms with van der Waals surface area (Å²) in [6, 6.07) is -0.716. The predicted molar refractivity (Wildman–Crippen MR) is 88.5 cm³/mol. The summed E-state index contributed by atoms with van der Waals surface area (Å²) in [6.07, 6.45) is 0.308. The Morgan fingerprint density at radius 2 is 1.50 bits per heavy atom. The van der Waals surface area contributed by atoms with Crippen LogP contribution in [0.2, 0.25) is 0 Å². The number of carbonyl (C=O) groups is 2. The van der Waals surface area contributed by atoms with Crippen LogP contribution in [0.4, 0.5) is 4.79 Å². The van der Waals surface area contributed by atoms with Crippen LogP contribution in [-0.4, -0.2) is 32.3 Å². The fourth-order valence-electron chi connectivity index (χ4n) is 1.41. The van der Waals surface area contributed by atoms with E-state index in [0.717, 1.165) is 8.61 Å². The molecule has 116 valence electrons. The van der Waals surface area contributed by atoms with Crippen molar-refractivity contribution in [2.75, 3.05) is 0 Å². The van der Waals surface area contributed by atoms with Crippen molar-refractivity contribution in [1.29, 1.82) is 0 Å². The molecule has 1 unspecified atom stereocenters. The van der Waals surface area contributed by atoms with Crippen LogP contribution in [0.5, 0.6) is 0 Å². The van der Waals surface area contributed by atoms with Gasteiger partial charge in [0.15, 0.2) is 0 Å². The van der Waals surface area contributed by atoms with Crippen LogP contribution in [0.1, 0.15) is 20.3 Å². The van der Waals surface area contributed by atoms with Gasteiger partial charge in [0.05, 0.1) is 0 Å². The quantitative estimate of drug-likeness (QED) is 0.336. The number of hydrogen-bond donors (Lipinski definition) is 0. The highest BCUT2D eigenvalue weighted by Gasteiger charge is 2.57. The Morgan fingerprint density at radius 3 is 1.85 bits per heavy atom. The summed E-state index contributed by atoms with van der Waals surface area (Å²) in [5.74, 6) is -0.539. The molecule has 0 bridgehead atoms. The third-order valence-electron chi connectivity index (χ3n) is 2.52. The summed E-state index contributed by atoms with van der Waals surface area (Å²) in [6.45, 7) is 3.27. The first-order valence-corrected chi connectivity index (χ1v) is 8.84. The second-order valence-corrected chi connectivity index (χ2v) is 12.1. The first kappa shape index (κ1) is 19.4. The fraction of sp³-hybridized carbons (Fsp3) is 0.750. The van der Waals surface area contributed by atoms with Gasteiger partial charge in [0.25, 0.3) is 12.2 Å². The maximum absolute atomic E-state index is 12.4. The molecule has 0 N–H and O–H groups in total. The van der Waals surface area contributed by atoms with Gasteiger partial charge in [-0.05, 0) is 13.3 Å². The number of alkyl halides is 6. The third kappa shape index (κ3) is 4.44. The SMILES string of the molecule is CCC1(C)C(=O)N(SC(Cl)(Cl)Cl)C(=O)N1SC(Cl)(Cl)Cl. The molecule has 1 rings (SSSR count). The molecule has 0 aromatic heterocycles.